The van der Waals surface area contributed by atoms with E-state index in [-0.39, 0.29) is 83.8 Å². The van der Waals surface area contributed by atoms with Gasteiger partial charge in [0.1, 0.15) is 72.8 Å². The number of esters is 1. The van der Waals surface area contributed by atoms with Crippen LogP contribution in [0.25, 0.3) is 0 Å². The van der Waals surface area contributed by atoms with E-state index < -0.39 is 118 Å². The number of hydrogen-bond donors (Lipinski definition) is 0. The van der Waals surface area contributed by atoms with E-state index in [1.54, 1.807) is 31.4 Å². The van der Waals surface area contributed by atoms with E-state index in [0.29, 0.717) is 12.4 Å². The predicted octanol–water partition coefficient (Wildman–Crippen LogP) is 14.5. The minimum atomic E-state index is -1.70. The minimum absolute atomic E-state index is 0.00898. The average Bonchev–Trinajstić information content (AvgIpc) is 1.69. The van der Waals surface area contributed by atoms with Gasteiger partial charge in [0, 0.05) is 21.6 Å². The van der Waals surface area contributed by atoms with Crippen LogP contribution in [0, 0.1) is 0 Å². The summed E-state index contributed by atoms with van der Waals surface area (Å²) < 4.78 is 113. The second kappa shape index (κ2) is 40.0. The van der Waals surface area contributed by atoms with Crippen molar-refractivity contribution in [1.82, 2.24) is 4.90 Å². The first kappa shape index (κ1) is 80.1. The van der Waals surface area contributed by atoms with Gasteiger partial charge in [-0.15, -0.1) is 0 Å². The van der Waals surface area contributed by atoms with Crippen molar-refractivity contribution in [1.29, 1.82) is 0 Å². The summed E-state index contributed by atoms with van der Waals surface area (Å²) in [6.07, 6.45) is -17.6. The number of hydrogen-bond acceptors (Lipinski definition) is 19. The number of imide groups is 1. The fourth-order valence-corrected chi connectivity index (χ4v) is 14.8. The van der Waals surface area contributed by atoms with Gasteiger partial charge in [-0.3, -0.25) is 19.3 Å². The molecule has 21 heteroatoms. The van der Waals surface area contributed by atoms with E-state index in [0.717, 1.165) is 55.5 Å². The monoisotopic (exact) mass is 1530 g/mol. The van der Waals surface area contributed by atoms with Crippen LogP contribution in [0.15, 0.2) is 261 Å². The lowest BCUT2D eigenvalue weighted by Gasteiger charge is -2.52. The first-order chi connectivity index (χ1) is 54.3. The molecule has 0 unspecified atom stereocenters. The summed E-state index contributed by atoms with van der Waals surface area (Å²) in [4.78, 5) is 46.9. The highest BCUT2D eigenvalue weighted by atomic mass is 28.3. The molecule has 13 rings (SSSR count). The Morgan fingerprint density at radius 2 is 0.685 bits per heavy atom. The Morgan fingerprint density at radius 3 is 1.10 bits per heavy atom. The summed E-state index contributed by atoms with van der Waals surface area (Å²) >= 11 is 0. The lowest BCUT2D eigenvalue weighted by Crippen LogP contribution is -2.70. The van der Waals surface area contributed by atoms with Gasteiger partial charge in [0.05, 0.1) is 90.9 Å². The Hall–Kier alpha value is -8.95. The number of carbonyl (C=O) groups excluding carboxylic acids is 3. The van der Waals surface area contributed by atoms with Crippen LogP contribution in [0.2, 0.25) is 25.7 Å². The van der Waals surface area contributed by atoms with Crippen LogP contribution < -0.4 is 4.74 Å². The number of amides is 2. The molecule has 15 atom stereocenters. The van der Waals surface area contributed by atoms with Crippen molar-refractivity contribution in [2.24, 2.45) is 0 Å². The van der Waals surface area contributed by atoms with Crippen molar-refractivity contribution in [3.63, 3.8) is 0 Å². The van der Waals surface area contributed by atoms with Gasteiger partial charge in [0.2, 0.25) is 0 Å². The summed E-state index contributed by atoms with van der Waals surface area (Å²) in [7, 11) is -0.103. The SMILES string of the molecule is COc1ccc(CO[C@H]2[C@H](OCc3ccccc3)[C@@H](N3C(=O)c4ccccc4C3=O)[C@H](O[C@H]3[C@@H](OC(C)=O)[C@@H](COCc4ccccc4)O[C@@H](O[C@H]4[C@H](OCc5ccccc5)[C@@H](OCc5ccccc5)[C@H](OCC[Si](C)(C)C)O[C@@H]4COCc4ccccc4)[C@@H]3OCc3ccccc3)O[C@@H]2COCc2ccccc2)cc1. The summed E-state index contributed by atoms with van der Waals surface area (Å²) in [6, 6.07) is 81.4. The van der Waals surface area contributed by atoms with Gasteiger partial charge in [0.25, 0.3) is 11.8 Å². The predicted molar refractivity (Wildman–Crippen MR) is 416 cm³/mol. The Morgan fingerprint density at radius 1 is 0.351 bits per heavy atom. The Balaban J connectivity index is 0.972. The molecule has 0 spiro atoms. The van der Waals surface area contributed by atoms with Crippen molar-refractivity contribution >= 4 is 25.9 Å². The molecule has 4 heterocycles. The van der Waals surface area contributed by atoms with Gasteiger partial charge in [-0.2, -0.15) is 0 Å². The van der Waals surface area contributed by atoms with Gasteiger partial charge in [-0.25, -0.2) is 0 Å². The van der Waals surface area contributed by atoms with Crippen molar-refractivity contribution in [2.45, 2.75) is 178 Å². The second-order valence-corrected chi connectivity index (χ2v) is 34.9. The zero-order chi connectivity index (χ0) is 76.7. The molecule has 2 amide bonds. The molecule has 3 fully saturated rings. The normalized spacial score (nSPS) is 24.6. The van der Waals surface area contributed by atoms with Gasteiger partial charge >= 0.3 is 5.97 Å². The fourth-order valence-electron chi connectivity index (χ4n) is 14.1. The number of nitrogens with zero attached hydrogens (tertiary/aromatic N) is 1. The molecule has 0 N–H and O–H groups in total. The molecule has 0 radical (unpaired) electrons. The van der Waals surface area contributed by atoms with Crippen molar-refractivity contribution in [2.75, 3.05) is 33.5 Å². The van der Waals surface area contributed by atoms with Gasteiger partial charge < -0.3 is 75.8 Å². The summed E-state index contributed by atoms with van der Waals surface area (Å²) in [5, 5.41) is 0. The second-order valence-electron chi connectivity index (χ2n) is 29.3. The number of rotatable bonds is 38. The number of fused-ring (bicyclic) bond motifs is 1. The molecule has 3 saturated heterocycles. The lowest BCUT2D eigenvalue weighted by atomic mass is 9.93. The summed E-state index contributed by atoms with van der Waals surface area (Å²) in [5.74, 6) is -1.34. The first-order valence-electron chi connectivity index (χ1n) is 38.0. The molecule has 0 bridgehead atoms. The van der Waals surface area contributed by atoms with E-state index in [4.69, 9.17) is 75.8 Å². The molecule has 0 aliphatic carbocycles. The van der Waals surface area contributed by atoms with Crippen LogP contribution in [-0.4, -0.2) is 156 Å². The van der Waals surface area contributed by atoms with Gasteiger partial charge in [-0.1, -0.05) is 256 Å². The lowest BCUT2D eigenvalue weighted by molar-refractivity contribution is -0.388. The number of methoxy groups -OCH3 is 1. The first-order valence-corrected chi connectivity index (χ1v) is 41.7. The molecular formula is C90H99NO19Si. The number of ether oxygens (including phenoxy) is 16. The van der Waals surface area contributed by atoms with E-state index in [1.165, 1.54) is 6.92 Å². The van der Waals surface area contributed by atoms with Crippen molar-refractivity contribution < 1.29 is 90.2 Å². The van der Waals surface area contributed by atoms with Crippen LogP contribution >= 0.6 is 0 Å². The van der Waals surface area contributed by atoms with E-state index in [9.17, 15) is 4.79 Å². The molecule has 9 aromatic rings. The summed E-state index contributed by atoms with van der Waals surface area (Å²) in [6.45, 7) is 8.73. The van der Waals surface area contributed by atoms with Crippen molar-refractivity contribution in [3.05, 3.63) is 316 Å². The van der Waals surface area contributed by atoms with Gasteiger partial charge in [-0.05, 0) is 74.8 Å². The zero-order valence-electron chi connectivity index (χ0n) is 63.4. The van der Waals surface area contributed by atoms with E-state index in [1.807, 2.05) is 237 Å². The molecule has 20 nitrogen and oxygen atoms in total. The molecule has 4 aliphatic heterocycles. The third-order valence-electron chi connectivity index (χ3n) is 19.9. The maximum atomic E-state index is 15.7. The highest BCUT2D eigenvalue weighted by Gasteiger charge is 2.60. The van der Waals surface area contributed by atoms with E-state index in [2.05, 4.69) is 19.6 Å². The maximum Gasteiger partial charge on any atom is 0.303 e. The van der Waals surface area contributed by atoms with Crippen LogP contribution in [0.1, 0.15) is 72.1 Å². The number of benzene rings is 9. The Labute approximate surface area is 650 Å². The number of carbonyl (C=O) groups is 3. The van der Waals surface area contributed by atoms with Crippen molar-refractivity contribution in [3.8, 4) is 5.75 Å². The fraction of sp³-hybridized carbons (Fsp3) is 0.367. The smallest absolute Gasteiger partial charge is 0.303 e. The highest BCUT2D eigenvalue weighted by molar-refractivity contribution is 6.76. The average molecular weight is 1530 g/mol. The molecule has 4 aliphatic rings. The molecule has 0 saturated carbocycles. The Kier molecular flexibility index (Phi) is 28.9. The van der Waals surface area contributed by atoms with E-state index >= 15 is 9.59 Å². The highest BCUT2D eigenvalue weighted by Crippen LogP contribution is 2.42. The topological polar surface area (TPSA) is 202 Å². The quantitative estimate of drug-likeness (QED) is 0.0201. The Bertz CT molecular complexity index is 4250. The third kappa shape index (κ3) is 22.0. The van der Waals surface area contributed by atoms with Crippen LogP contribution in [0.3, 0.4) is 0 Å². The maximum absolute atomic E-state index is 15.7. The van der Waals surface area contributed by atoms with Crippen LogP contribution in [0.5, 0.6) is 5.75 Å². The molecule has 0 aromatic heterocycles. The van der Waals surface area contributed by atoms with Crippen LogP contribution in [-0.2, 0) is 129 Å². The zero-order valence-corrected chi connectivity index (χ0v) is 64.4. The third-order valence-corrected chi connectivity index (χ3v) is 21.6. The largest absolute Gasteiger partial charge is 0.497 e. The molecular weight excluding hydrogens is 1430 g/mol. The van der Waals surface area contributed by atoms with Gasteiger partial charge in [0.15, 0.2) is 25.0 Å². The summed E-state index contributed by atoms with van der Waals surface area (Å²) in [5.41, 5.74) is 7.02. The molecule has 9 aromatic carbocycles. The molecule has 582 valence electrons. The minimum Gasteiger partial charge on any atom is -0.497 e. The van der Waals surface area contributed by atoms with Crippen LogP contribution in [0.4, 0.5) is 0 Å². The standard InChI is InChI=1S/C90H99NO19Si/c1-62(92)105-80-76(61-98-53-65-33-17-8-18-34-65)108-90(109-79-75(60-97-52-64-31-15-7-16-32-64)107-89(99-49-50-111(3,4)5)84(103-56-68-39-23-11-24-40-68)82(79)102-55-67-37-21-10-22-38-67)85(104-57-69-41-25-12-26-42-69)83(80)110-88-77(91-86(93)72-43-27-28-44-73(72)87(91)94)81(101-54-66-35-19-9-20-36-66)78(100-58-70-45-47-71(95-2)48-46-70)74(106-88)59-96-51-63-29-13-6-14-30-63/h6-48,74-85,88-90H,49-61H2,1-5H3/t74-,75-,76-,77-,78-,79-,80+,81-,82+,83+,84-,85-,88+,89-,90+/m1/s1. The molecule has 111 heavy (non-hydrogen) atoms.